The highest BCUT2D eigenvalue weighted by Crippen LogP contribution is 2.43. The van der Waals surface area contributed by atoms with Crippen molar-refractivity contribution in [1.82, 2.24) is 14.8 Å². The monoisotopic (exact) mass is 425 g/mol. The number of nitrogens with zero attached hydrogens (tertiary/aromatic N) is 3. The lowest BCUT2D eigenvalue weighted by molar-refractivity contribution is 0.0125. The molecule has 4 heteroatoms. The van der Waals surface area contributed by atoms with Gasteiger partial charge >= 0.3 is 0 Å². The van der Waals surface area contributed by atoms with E-state index in [0.717, 1.165) is 44.6 Å². The zero-order valence-electron chi connectivity index (χ0n) is 18.6. The minimum Gasteiger partial charge on any atom is -0.339 e. The van der Waals surface area contributed by atoms with Gasteiger partial charge in [-0.3, -0.25) is 14.7 Å². The van der Waals surface area contributed by atoms with Crippen LogP contribution in [0.25, 0.3) is 0 Å². The second-order valence-corrected chi connectivity index (χ2v) is 9.33. The Morgan fingerprint density at radius 2 is 1.38 bits per heavy atom. The molecule has 5 rings (SSSR count). The molecule has 0 N–H and O–H groups in total. The van der Waals surface area contributed by atoms with Crippen LogP contribution >= 0.6 is 0 Å². The topological polar surface area (TPSA) is 36.4 Å². The van der Waals surface area contributed by atoms with Gasteiger partial charge in [-0.25, -0.2) is 0 Å². The summed E-state index contributed by atoms with van der Waals surface area (Å²) in [5, 5.41) is 0. The quantitative estimate of drug-likeness (QED) is 0.577. The molecule has 2 aliphatic heterocycles. The third-order valence-electron chi connectivity index (χ3n) is 7.33. The number of pyridine rings is 1. The molecule has 1 aromatic heterocycles. The molecule has 0 atom stereocenters. The molecule has 0 unspecified atom stereocenters. The van der Waals surface area contributed by atoms with Crippen molar-refractivity contribution in [2.24, 2.45) is 5.41 Å². The van der Waals surface area contributed by atoms with Gasteiger partial charge in [0.05, 0.1) is 6.04 Å². The number of likely N-dealkylation sites (tertiary alicyclic amines) is 2. The number of rotatable bonds is 4. The van der Waals surface area contributed by atoms with E-state index in [-0.39, 0.29) is 11.9 Å². The van der Waals surface area contributed by atoms with Crippen LogP contribution in [-0.4, -0.2) is 46.9 Å². The fourth-order valence-electron chi connectivity index (χ4n) is 5.62. The normalized spacial score (nSPS) is 18.7. The second kappa shape index (κ2) is 9.25. The average Bonchev–Trinajstić information content (AvgIpc) is 2.86. The zero-order valence-corrected chi connectivity index (χ0v) is 18.6. The lowest BCUT2D eigenvalue weighted by atomic mass is 9.71. The van der Waals surface area contributed by atoms with Crippen LogP contribution < -0.4 is 0 Å². The minimum atomic E-state index is 0.140. The van der Waals surface area contributed by atoms with Gasteiger partial charge < -0.3 is 4.90 Å². The fraction of sp³-hybridized carbons (Fsp3) is 0.357. The van der Waals surface area contributed by atoms with E-state index in [0.29, 0.717) is 5.41 Å². The van der Waals surface area contributed by atoms with Crippen LogP contribution in [0.4, 0.5) is 0 Å². The molecule has 2 saturated heterocycles. The first-order valence-electron chi connectivity index (χ1n) is 11.8. The molecule has 3 aromatic rings. The van der Waals surface area contributed by atoms with Gasteiger partial charge in [-0.15, -0.1) is 0 Å². The molecule has 0 aliphatic carbocycles. The van der Waals surface area contributed by atoms with Gasteiger partial charge in [0.15, 0.2) is 0 Å². The van der Waals surface area contributed by atoms with Crippen LogP contribution in [-0.2, 0) is 0 Å². The summed E-state index contributed by atoms with van der Waals surface area (Å²) in [7, 11) is 0. The predicted molar refractivity (Wildman–Crippen MR) is 127 cm³/mol. The SMILES string of the molecule is O=C(c1ccncc1)N1CCC2(CCCN(C(c3ccccc3)c3ccccc3)C2)CC1. The van der Waals surface area contributed by atoms with E-state index in [1.807, 2.05) is 17.0 Å². The van der Waals surface area contributed by atoms with Crippen molar-refractivity contribution in [3.05, 3.63) is 102 Å². The van der Waals surface area contributed by atoms with Gasteiger partial charge in [0, 0.05) is 37.6 Å². The van der Waals surface area contributed by atoms with Crippen molar-refractivity contribution in [2.75, 3.05) is 26.2 Å². The zero-order chi connectivity index (χ0) is 21.8. The lowest BCUT2D eigenvalue weighted by Gasteiger charge is -2.49. The summed E-state index contributed by atoms with van der Waals surface area (Å²) in [5.74, 6) is 0.140. The van der Waals surface area contributed by atoms with Gasteiger partial charge in [0.2, 0.25) is 0 Å². The maximum atomic E-state index is 12.9. The predicted octanol–water partition coefficient (Wildman–Crippen LogP) is 5.19. The van der Waals surface area contributed by atoms with E-state index >= 15 is 0 Å². The second-order valence-electron chi connectivity index (χ2n) is 9.33. The molecule has 2 aromatic carbocycles. The van der Waals surface area contributed by atoms with Crippen LogP contribution in [0.2, 0.25) is 0 Å². The number of piperidine rings is 2. The molecular formula is C28H31N3O. The van der Waals surface area contributed by atoms with Crippen LogP contribution in [0.1, 0.15) is 53.2 Å². The molecule has 32 heavy (non-hydrogen) atoms. The molecule has 1 amide bonds. The Morgan fingerprint density at radius 1 is 0.781 bits per heavy atom. The van der Waals surface area contributed by atoms with Crippen molar-refractivity contribution >= 4 is 5.91 Å². The highest BCUT2D eigenvalue weighted by Gasteiger charge is 2.41. The van der Waals surface area contributed by atoms with Crippen molar-refractivity contribution in [3.8, 4) is 0 Å². The molecule has 2 aliphatic rings. The van der Waals surface area contributed by atoms with Gasteiger partial charge in [-0.05, 0) is 60.9 Å². The Morgan fingerprint density at radius 3 is 1.97 bits per heavy atom. The van der Waals surface area contributed by atoms with E-state index in [1.165, 1.54) is 24.0 Å². The fourth-order valence-corrected chi connectivity index (χ4v) is 5.62. The van der Waals surface area contributed by atoms with Crippen LogP contribution in [0.3, 0.4) is 0 Å². The number of carbonyl (C=O) groups is 1. The summed E-state index contributed by atoms with van der Waals surface area (Å²) in [5.41, 5.74) is 3.77. The van der Waals surface area contributed by atoms with E-state index in [9.17, 15) is 4.79 Å². The molecule has 4 nitrogen and oxygen atoms in total. The third-order valence-corrected chi connectivity index (χ3v) is 7.33. The molecule has 0 saturated carbocycles. The number of aromatic nitrogens is 1. The Labute approximate surface area is 190 Å². The third kappa shape index (κ3) is 4.33. The van der Waals surface area contributed by atoms with Gasteiger partial charge in [-0.1, -0.05) is 60.7 Å². The first kappa shape index (κ1) is 20.9. The largest absolute Gasteiger partial charge is 0.339 e. The van der Waals surface area contributed by atoms with Crippen molar-refractivity contribution in [1.29, 1.82) is 0 Å². The van der Waals surface area contributed by atoms with E-state index < -0.39 is 0 Å². The first-order chi connectivity index (χ1) is 15.7. The maximum absolute atomic E-state index is 12.9. The van der Waals surface area contributed by atoms with E-state index in [4.69, 9.17) is 0 Å². The Bertz CT molecular complexity index is 975. The average molecular weight is 426 g/mol. The maximum Gasteiger partial charge on any atom is 0.253 e. The standard InChI is InChI=1S/C28H31N3O/c32-27(25-12-17-29-18-13-25)30-20-15-28(16-21-30)14-7-19-31(22-28)26(23-8-3-1-4-9-23)24-10-5-2-6-11-24/h1-6,8-13,17-18,26H,7,14-16,19-22H2. The molecule has 2 fully saturated rings. The van der Waals surface area contributed by atoms with E-state index in [2.05, 4.69) is 70.5 Å². The molecule has 0 bridgehead atoms. The first-order valence-corrected chi connectivity index (χ1v) is 11.8. The number of hydrogen-bond acceptors (Lipinski definition) is 3. The van der Waals surface area contributed by atoms with Crippen molar-refractivity contribution in [3.63, 3.8) is 0 Å². The van der Waals surface area contributed by atoms with Crippen LogP contribution in [0.5, 0.6) is 0 Å². The number of benzene rings is 2. The number of amides is 1. The van der Waals surface area contributed by atoms with Crippen LogP contribution in [0, 0.1) is 5.41 Å². The summed E-state index contributed by atoms with van der Waals surface area (Å²) < 4.78 is 0. The van der Waals surface area contributed by atoms with E-state index in [1.54, 1.807) is 12.4 Å². The molecule has 3 heterocycles. The summed E-state index contributed by atoms with van der Waals surface area (Å²) >= 11 is 0. The van der Waals surface area contributed by atoms with Gasteiger partial charge in [0.25, 0.3) is 5.91 Å². The molecule has 1 spiro atoms. The lowest BCUT2D eigenvalue weighted by Crippen LogP contribution is -2.51. The number of hydrogen-bond donors (Lipinski definition) is 0. The Kier molecular flexibility index (Phi) is 6.04. The van der Waals surface area contributed by atoms with Crippen LogP contribution in [0.15, 0.2) is 85.2 Å². The summed E-state index contributed by atoms with van der Waals surface area (Å²) in [4.78, 5) is 21.7. The Hall–Kier alpha value is -2.98. The molecule has 164 valence electrons. The van der Waals surface area contributed by atoms with Gasteiger partial charge in [0.1, 0.15) is 0 Å². The van der Waals surface area contributed by atoms with Gasteiger partial charge in [-0.2, -0.15) is 0 Å². The van der Waals surface area contributed by atoms with Crippen molar-refractivity contribution < 1.29 is 4.79 Å². The highest BCUT2D eigenvalue weighted by atomic mass is 16.2. The summed E-state index contributed by atoms with van der Waals surface area (Å²) in [6.45, 7) is 3.90. The summed E-state index contributed by atoms with van der Waals surface area (Å²) in [6, 6.07) is 25.7. The molecular weight excluding hydrogens is 394 g/mol. The smallest absolute Gasteiger partial charge is 0.253 e. The highest BCUT2D eigenvalue weighted by molar-refractivity contribution is 5.94. The molecule has 0 radical (unpaired) electrons. The Balaban J connectivity index is 1.33. The van der Waals surface area contributed by atoms with Crippen molar-refractivity contribution in [2.45, 2.75) is 31.7 Å². The minimum absolute atomic E-state index is 0.140. The summed E-state index contributed by atoms with van der Waals surface area (Å²) in [6.07, 6.45) is 8.04. The number of carbonyl (C=O) groups excluding carboxylic acids is 1.